The van der Waals surface area contributed by atoms with E-state index in [-0.39, 0.29) is 23.5 Å². The molecule has 1 aliphatic heterocycles. The van der Waals surface area contributed by atoms with Gasteiger partial charge in [-0.1, -0.05) is 13.8 Å². The Labute approximate surface area is 166 Å². The Morgan fingerprint density at radius 2 is 1.82 bits per heavy atom. The average molecular weight is 412 g/mol. The Bertz CT molecular complexity index is 787. The molecule has 1 aromatic rings. The highest BCUT2D eigenvalue weighted by Gasteiger charge is 2.36. The minimum atomic E-state index is -3.10. The van der Waals surface area contributed by atoms with Gasteiger partial charge in [0.25, 0.3) is 5.91 Å². The van der Waals surface area contributed by atoms with Crippen LogP contribution < -0.4 is 4.74 Å². The summed E-state index contributed by atoms with van der Waals surface area (Å²) in [5.74, 6) is 0.120. The van der Waals surface area contributed by atoms with Gasteiger partial charge < -0.3 is 14.4 Å². The number of hydrogen-bond donors (Lipinski definition) is 0. The lowest BCUT2D eigenvalue weighted by Crippen LogP contribution is -2.46. The second-order valence-electron chi connectivity index (χ2n) is 7.46. The van der Waals surface area contributed by atoms with Crippen LogP contribution in [0, 0.1) is 5.92 Å². The molecule has 1 saturated heterocycles. The van der Waals surface area contributed by atoms with Crippen LogP contribution in [0.4, 0.5) is 0 Å². The van der Waals surface area contributed by atoms with E-state index < -0.39 is 21.9 Å². The van der Waals surface area contributed by atoms with Gasteiger partial charge in [-0.05, 0) is 50.5 Å². The molecule has 1 heterocycles. The molecule has 1 fully saturated rings. The molecular weight excluding hydrogens is 382 g/mol. The topological polar surface area (TPSA) is 90.0 Å². The van der Waals surface area contributed by atoms with Crippen LogP contribution in [0.3, 0.4) is 0 Å². The van der Waals surface area contributed by atoms with Gasteiger partial charge in [0.2, 0.25) is 0 Å². The number of ether oxygens (including phenoxy) is 2. The molecule has 2 rings (SSSR count). The molecule has 1 aliphatic rings. The third-order valence-electron chi connectivity index (χ3n) is 4.58. The van der Waals surface area contributed by atoms with Crippen molar-refractivity contribution in [1.82, 2.24) is 4.90 Å². The van der Waals surface area contributed by atoms with Gasteiger partial charge in [-0.2, -0.15) is 0 Å². The predicted molar refractivity (Wildman–Crippen MR) is 106 cm³/mol. The molecule has 28 heavy (non-hydrogen) atoms. The fourth-order valence-corrected chi connectivity index (χ4v) is 4.81. The van der Waals surface area contributed by atoms with E-state index in [1.165, 1.54) is 11.8 Å². The van der Waals surface area contributed by atoms with Crippen molar-refractivity contribution in [3.05, 3.63) is 29.8 Å². The van der Waals surface area contributed by atoms with Gasteiger partial charge in [-0.15, -0.1) is 0 Å². The number of nitrogens with zero attached hydrogens (tertiary/aromatic N) is 1. The van der Waals surface area contributed by atoms with E-state index in [9.17, 15) is 18.0 Å². The Hall–Kier alpha value is -2.09. The maximum absolute atomic E-state index is 12.7. The number of carbonyl (C=O) groups is 2. The summed E-state index contributed by atoms with van der Waals surface area (Å²) in [4.78, 5) is 26.5. The monoisotopic (exact) mass is 411 g/mol. The van der Waals surface area contributed by atoms with Crippen LogP contribution in [-0.4, -0.2) is 62.0 Å². The van der Waals surface area contributed by atoms with Gasteiger partial charge in [0.05, 0.1) is 23.7 Å². The van der Waals surface area contributed by atoms with E-state index >= 15 is 0 Å². The molecule has 0 unspecified atom stereocenters. The molecule has 0 N–H and O–H groups in total. The predicted octanol–water partition coefficient (Wildman–Crippen LogP) is 2.30. The van der Waals surface area contributed by atoms with Gasteiger partial charge in [0, 0.05) is 12.6 Å². The summed E-state index contributed by atoms with van der Waals surface area (Å²) >= 11 is 0. The number of hydrogen-bond acceptors (Lipinski definition) is 6. The summed E-state index contributed by atoms with van der Waals surface area (Å²) in [6.07, 6.45) is -0.576. The zero-order valence-corrected chi connectivity index (χ0v) is 17.7. The van der Waals surface area contributed by atoms with E-state index in [1.807, 2.05) is 13.8 Å². The smallest absolute Gasteiger partial charge is 0.338 e. The van der Waals surface area contributed by atoms with E-state index in [4.69, 9.17) is 9.47 Å². The van der Waals surface area contributed by atoms with E-state index in [0.29, 0.717) is 36.8 Å². The largest absolute Gasteiger partial charge is 0.493 e. The molecule has 0 spiro atoms. The summed E-state index contributed by atoms with van der Waals surface area (Å²) in [7, 11) is -3.10. The zero-order valence-electron chi connectivity index (χ0n) is 16.9. The van der Waals surface area contributed by atoms with Crippen molar-refractivity contribution in [3.8, 4) is 5.75 Å². The molecule has 1 aromatic carbocycles. The van der Waals surface area contributed by atoms with Crippen molar-refractivity contribution in [2.75, 3.05) is 24.7 Å². The molecule has 0 saturated carbocycles. The van der Waals surface area contributed by atoms with E-state index in [0.717, 1.165) is 0 Å². The first-order valence-electron chi connectivity index (χ1n) is 9.57. The standard InChI is InChI=1S/C20H29NO6S/c1-5-21(17-10-11-28(24,25)13-17)19(22)15(4)27-20(23)16-6-8-18(9-7-16)26-12-14(2)3/h6-9,14-15,17H,5,10-13H2,1-4H3/t15-,17-/m0/s1. The SMILES string of the molecule is CCN(C(=O)[C@H](C)OC(=O)c1ccc(OCC(C)C)cc1)[C@H]1CCS(=O)(=O)C1. The normalized spacial score (nSPS) is 19.2. The Morgan fingerprint density at radius 1 is 1.18 bits per heavy atom. The van der Waals surface area contributed by atoms with E-state index in [1.54, 1.807) is 31.2 Å². The van der Waals surface area contributed by atoms with Crippen molar-refractivity contribution < 1.29 is 27.5 Å². The number of esters is 1. The van der Waals surface area contributed by atoms with Crippen LogP contribution in [0.5, 0.6) is 5.75 Å². The number of sulfone groups is 1. The molecule has 1 amide bonds. The lowest BCUT2D eigenvalue weighted by Gasteiger charge is -2.29. The highest BCUT2D eigenvalue weighted by molar-refractivity contribution is 7.91. The highest BCUT2D eigenvalue weighted by Crippen LogP contribution is 2.20. The fraction of sp³-hybridized carbons (Fsp3) is 0.600. The van der Waals surface area contributed by atoms with E-state index in [2.05, 4.69) is 0 Å². The minimum Gasteiger partial charge on any atom is -0.493 e. The molecular formula is C20H29NO6S. The maximum atomic E-state index is 12.7. The third-order valence-corrected chi connectivity index (χ3v) is 6.33. The summed E-state index contributed by atoms with van der Waals surface area (Å²) in [6, 6.07) is 6.20. The lowest BCUT2D eigenvalue weighted by molar-refractivity contribution is -0.141. The van der Waals surface area contributed by atoms with Gasteiger partial charge in [-0.25, -0.2) is 13.2 Å². The first kappa shape index (κ1) is 22.2. The maximum Gasteiger partial charge on any atom is 0.338 e. The number of benzene rings is 1. The van der Waals surface area contributed by atoms with Crippen LogP contribution in [0.1, 0.15) is 44.5 Å². The average Bonchev–Trinajstić information content (AvgIpc) is 3.00. The zero-order chi connectivity index (χ0) is 20.9. The van der Waals surface area contributed by atoms with Crippen molar-refractivity contribution in [1.29, 1.82) is 0 Å². The number of amides is 1. The quantitative estimate of drug-likeness (QED) is 0.610. The number of likely N-dealkylation sites (N-methyl/N-ethyl adjacent to an activating group) is 1. The third kappa shape index (κ3) is 5.95. The van der Waals surface area contributed by atoms with Crippen LogP contribution in [0.25, 0.3) is 0 Å². The minimum absolute atomic E-state index is 0.0366. The van der Waals surface area contributed by atoms with Crippen LogP contribution in [0.15, 0.2) is 24.3 Å². The molecule has 0 aliphatic carbocycles. The van der Waals surface area contributed by atoms with Gasteiger partial charge in [0.1, 0.15) is 5.75 Å². The second kappa shape index (κ2) is 9.41. The van der Waals surface area contributed by atoms with Gasteiger partial charge >= 0.3 is 5.97 Å². The number of rotatable bonds is 8. The second-order valence-corrected chi connectivity index (χ2v) is 9.69. The summed E-state index contributed by atoms with van der Waals surface area (Å²) < 4.78 is 34.3. The molecule has 0 aromatic heterocycles. The van der Waals surface area contributed by atoms with Crippen molar-refractivity contribution in [2.45, 2.75) is 46.3 Å². The molecule has 0 radical (unpaired) electrons. The molecule has 7 nitrogen and oxygen atoms in total. The first-order chi connectivity index (χ1) is 13.1. The van der Waals surface area contributed by atoms with Crippen molar-refractivity contribution in [3.63, 3.8) is 0 Å². The van der Waals surface area contributed by atoms with Gasteiger partial charge in [-0.3, -0.25) is 4.79 Å². The summed E-state index contributed by atoms with van der Waals surface area (Å²) in [6.45, 7) is 8.33. The Morgan fingerprint density at radius 3 is 2.32 bits per heavy atom. The lowest BCUT2D eigenvalue weighted by atomic mass is 10.2. The summed E-state index contributed by atoms with van der Waals surface area (Å²) in [5.41, 5.74) is 0.322. The molecule has 8 heteroatoms. The van der Waals surface area contributed by atoms with Crippen molar-refractivity contribution >= 4 is 21.7 Å². The van der Waals surface area contributed by atoms with Crippen LogP contribution in [0.2, 0.25) is 0 Å². The summed E-state index contributed by atoms with van der Waals surface area (Å²) in [5, 5.41) is 0. The Balaban J connectivity index is 1.96. The highest BCUT2D eigenvalue weighted by atomic mass is 32.2. The van der Waals surface area contributed by atoms with Gasteiger partial charge in [0.15, 0.2) is 15.9 Å². The number of carbonyl (C=O) groups excluding carboxylic acids is 2. The fourth-order valence-electron chi connectivity index (χ4n) is 3.08. The Kier molecular flexibility index (Phi) is 7.46. The van der Waals surface area contributed by atoms with Crippen molar-refractivity contribution in [2.24, 2.45) is 5.92 Å². The van der Waals surface area contributed by atoms with Crippen LogP contribution in [-0.2, 0) is 19.4 Å². The first-order valence-corrected chi connectivity index (χ1v) is 11.4. The molecule has 2 atom stereocenters. The molecule has 0 bridgehead atoms. The van der Waals surface area contributed by atoms with Crippen LogP contribution >= 0.6 is 0 Å². The molecule has 156 valence electrons.